The minimum absolute atomic E-state index is 0.233. The molecule has 2 aromatic carbocycles. The molecule has 0 radical (unpaired) electrons. The number of hydrogen-bond acceptors (Lipinski definition) is 4. The molecule has 0 aromatic heterocycles. The minimum atomic E-state index is -0.250. The Morgan fingerprint density at radius 2 is 1.96 bits per heavy atom. The van der Waals surface area contributed by atoms with E-state index in [4.69, 9.17) is 27.9 Å². The molecule has 0 saturated carbocycles. The fourth-order valence-electron chi connectivity index (χ4n) is 2.44. The molecule has 1 aliphatic heterocycles. The second kappa shape index (κ2) is 8.86. The van der Waals surface area contributed by atoms with Crippen molar-refractivity contribution in [2.24, 2.45) is 0 Å². The summed E-state index contributed by atoms with van der Waals surface area (Å²) in [5.74, 6) is 0.459. The zero-order valence-corrected chi connectivity index (χ0v) is 18.7. The number of halogens is 3. The summed E-state index contributed by atoms with van der Waals surface area (Å²) in [5.41, 5.74) is 1.67. The van der Waals surface area contributed by atoms with E-state index in [-0.39, 0.29) is 11.1 Å². The van der Waals surface area contributed by atoms with E-state index in [1.807, 2.05) is 24.3 Å². The molecule has 1 fully saturated rings. The van der Waals surface area contributed by atoms with Gasteiger partial charge in [-0.1, -0.05) is 35.3 Å². The Labute approximate surface area is 185 Å². The van der Waals surface area contributed by atoms with Gasteiger partial charge in [-0.05, 0) is 77.2 Å². The Balaban J connectivity index is 1.73. The topological polar surface area (TPSA) is 46.6 Å². The smallest absolute Gasteiger partial charge is 0.293 e. The summed E-state index contributed by atoms with van der Waals surface area (Å²) >= 11 is 15.2. The van der Waals surface area contributed by atoms with Gasteiger partial charge >= 0.3 is 0 Å². The molecule has 1 heterocycles. The molecular formula is C19H14Cl2INO3S. The van der Waals surface area contributed by atoms with E-state index in [2.05, 4.69) is 22.6 Å². The van der Waals surface area contributed by atoms with E-state index >= 15 is 0 Å². The van der Waals surface area contributed by atoms with Gasteiger partial charge in [-0.3, -0.25) is 14.5 Å². The Morgan fingerprint density at radius 3 is 2.59 bits per heavy atom. The van der Waals surface area contributed by atoms with E-state index in [0.29, 0.717) is 33.9 Å². The molecule has 0 unspecified atom stereocenters. The molecule has 140 valence electrons. The first-order chi connectivity index (χ1) is 12.9. The van der Waals surface area contributed by atoms with Crippen LogP contribution in [0.15, 0.2) is 41.3 Å². The van der Waals surface area contributed by atoms with Gasteiger partial charge in [0.2, 0.25) is 0 Å². The van der Waals surface area contributed by atoms with Crippen LogP contribution in [0.3, 0.4) is 0 Å². The molecule has 8 heteroatoms. The first kappa shape index (κ1) is 20.5. The van der Waals surface area contributed by atoms with Gasteiger partial charge < -0.3 is 4.74 Å². The van der Waals surface area contributed by atoms with E-state index in [0.717, 1.165) is 26.5 Å². The zero-order valence-electron chi connectivity index (χ0n) is 14.2. The fourth-order valence-corrected chi connectivity index (χ4v) is 4.50. The number of hydrogen-bond donors (Lipinski definition) is 0. The normalized spacial score (nSPS) is 15.7. The van der Waals surface area contributed by atoms with Gasteiger partial charge in [-0.2, -0.15) is 0 Å². The van der Waals surface area contributed by atoms with Gasteiger partial charge in [0.25, 0.3) is 11.1 Å². The highest BCUT2D eigenvalue weighted by molar-refractivity contribution is 14.1. The summed E-state index contributed by atoms with van der Waals surface area (Å²) in [7, 11) is 0. The molecule has 0 bridgehead atoms. The molecule has 1 saturated heterocycles. The third kappa shape index (κ3) is 4.80. The number of amides is 2. The van der Waals surface area contributed by atoms with E-state index in [1.54, 1.807) is 25.1 Å². The van der Waals surface area contributed by atoms with Crippen LogP contribution in [0.5, 0.6) is 5.75 Å². The highest BCUT2D eigenvalue weighted by Gasteiger charge is 2.33. The maximum absolute atomic E-state index is 12.2. The number of carbonyl (C=O) groups is 2. The molecule has 0 aliphatic carbocycles. The van der Waals surface area contributed by atoms with Crippen LogP contribution in [-0.4, -0.2) is 22.6 Å². The SMILES string of the molecule is CCN1C(=O)S/C(=C/c2ccc(OCc3ccc(Cl)cc3Cl)c(I)c2)C1=O. The number of benzene rings is 2. The fraction of sp³-hybridized carbons (Fsp3) is 0.158. The highest BCUT2D eigenvalue weighted by atomic mass is 127. The zero-order chi connectivity index (χ0) is 19.6. The molecular weight excluding hydrogens is 520 g/mol. The number of carbonyl (C=O) groups excluding carboxylic acids is 2. The van der Waals surface area contributed by atoms with Gasteiger partial charge in [0.05, 0.1) is 8.48 Å². The summed E-state index contributed by atoms with van der Waals surface area (Å²) in [6.07, 6.45) is 1.72. The van der Waals surface area contributed by atoms with E-state index in [9.17, 15) is 9.59 Å². The predicted molar refractivity (Wildman–Crippen MR) is 118 cm³/mol. The van der Waals surface area contributed by atoms with Crippen LogP contribution in [0.4, 0.5) is 4.79 Å². The average Bonchev–Trinajstić information content (AvgIpc) is 2.88. The van der Waals surface area contributed by atoms with Gasteiger partial charge in [0.15, 0.2) is 0 Å². The summed E-state index contributed by atoms with van der Waals surface area (Å²) in [5, 5.41) is 0.902. The average molecular weight is 534 g/mol. The molecule has 2 amide bonds. The van der Waals surface area contributed by atoms with Crippen molar-refractivity contribution in [2.75, 3.05) is 6.54 Å². The third-order valence-corrected chi connectivity index (χ3v) is 6.18. The number of likely N-dealkylation sites (N-methyl/N-ethyl adjacent to an activating group) is 1. The standard InChI is InChI=1S/C19H14Cl2INO3S/c1-2-23-18(24)17(27-19(23)25)8-11-3-6-16(15(22)7-11)26-10-12-4-5-13(20)9-14(12)21/h3-9H,2,10H2,1H3/b17-8+. The van der Waals surface area contributed by atoms with E-state index < -0.39 is 0 Å². The van der Waals surface area contributed by atoms with Gasteiger partial charge in [-0.15, -0.1) is 0 Å². The van der Waals surface area contributed by atoms with Crippen molar-refractivity contribution < 1.29 is 14.3 Å². The summed E-state index contributed by atoms with van der Waals surface area (Å²) in [6, 6.07) is 10.9. The highest BCUT2D eigenvalue weighted by Crippen LogP contribution is 2.33. The molecule has 3 rings (SSSR count). The first-order valence-electron chi connectivity index (χ1n) is 8.00. The van der Waals surface area contributed by atoms with Crippen molar-refractivity contribution in [3.63, 3.8) is 0 Å². The molecule has 0 N–H and O–H groups in total. The van der Waals surface area contributed by atoms with Crippen molar-refractivity contribution in [3.05, 3.63) is 66.0 Å². The molecule has 0 spiro atoms. The van der Waals surface area contributed by atoms with Crippen LogP contribution < -0.4 is 4.74 Å². The maximum atomic E-state index is 12.2. The third-order valence-electron chi connectivity index (χ3n) is 3.84. The van der Waals surface area contributed by atoms with Crippen LogP contribution in [-0.2, 0) is 11.4 Å². The van der Waals surface area contributed by atoms with Crippen LogP contribution >= 0.6 is 57.6 Å². The second-order valence-corrected chi connectivity index (χ2v) is 8.64. The number of thioether (sulfide) groups is 1. The Morgan fingerprint density at radius 1 is 1.19 bits per heavy atom. The van der Waals surface area contributed by atoms with Crippen LogP contribution in [0.25, 0.3) is 6.08 Å². The van der Waals surface area contributed by atoms with Crippen molar-refractivity contribution in [1.82, 2.24) is 4.90 Å². The lowest BCUT2D eigenvalue weighted by Crippen LogP contribution is -2.27. The summed E-state index contributed by atoms with van der Waals surface area (Å²) < 4.78 is 6.74. The quantitative estimate of drug-likeness (QED) is 0.337. The first-order valence-corrected chi connectivity index (χ1v) is 10.7. The van der Waals surface area contributed by atoms with Gasteiger partial charge in [0.1, 0.15) is 12.4 Å². The Kier molecular flexibility index (Phi) is 6.73. The summed E-state index contributed by atoms with van der Waals surface area (Å²) in [4.78, 5) is 25.6. The number of ether oxygens (including phenoxy) is 1. The number of nitrogens with zero attached hydrogens (tertiary/aromatic N) is 1. The van der Waals surface area contributed by atoms with Crippen molar-refractivity contribution in [2.45, 2.75) is 13.5 Å². The second-order valence-electron chi connectivity index (χ2n) is 5.64. The lowest BCUT2D eigenvalue weighted by Gasteiger charge is -2.10. The Bertz CT molecular complexity index is 949. The number of rotatable bonds is 5. The number of imide groups is 1. The van der Waals surface area contributed by atoms with Gasteiger partial charge in [0, 0.05) is 22.2 Å². The molecule has 4 nitrogen and oxygen atoms in total. The van der Waals surface area contributed by atoms with Gasteiger partial charge in [-0.25, -0.2) is 0 Å². The summed E-state index contributed by atoms with van der Waals surface area (Å²) in [6.45, 7) is 2.47. The lowest BCUT2D eigenvalue weighted by atomic mass is 10.2. The van der Waals surface area contributed by atoms with E-state index in [1.165, 1.54) is 4.90 Å². The molecule has 0 atom stereocenters. The van der Waals surface area contributed by atoms with Crippen molar-refractivity contribution in [3.8, 4) is 5.75 Å². The van der Waals surface area contributed by atoms with Crippen molar-refractivity contribution in [1.29, 1.82) is 0 Å². The molecule has 27 heavy (non-hydrogen) atoms. The van der Waals surface area contributed by atoms with Crippen LogP contribution in [0, 0.1) is 3.57 Å². The lowest BCUT2D eigenvalue weighted by molar-refractivity contribution is -0.122. The Hall–Kier alpha value is -1.22. The van der Waals surface area contributed by atoms with Crippen LogP contribution in [0.2, 0.25) is 10.0 Å². The largest absolute Gasteiger partial charge is 0.488 e. The van der Waals surface area contributed by atoms with Crippen molar-refractivity contribution >= 4 is 74.8 Å². The molecule has 1 aliphatic rings. The van der Waals surface area contributed by atoms with Crippen LogP contribution in [0.1, 0.15) is 18.1 Å². The molecule has 2 aromatic rings. The monoisotopic (exact) mass is 533 g/mol. The predicted octanol–water partition coefficient (Wildman–Crippen LogP) is 6.23. The minimum Gasteiger partial charge on any atom is -0.488 e. The maximum Gasteiger partial charge on any atom is 0.293 e.